The van der Waals surface area contributed by atoms with Crippen molar-refractivity contribution in [3.8, 4) is 0 Å². The first kappa shape index (κ1) is 14.5. The fraction of sp³-hybridized carbons (Fsp3) is 0.267. The van der Waals surface area contributed by atoms with Crippen LogP contribution in [0.3, 0.4) is 0 Å². The smallest absolute Gasteiger partial charge is 0.292 e. The molecule has 1 aromatic heterocycles. The summed E-state index contributed by atoms with van der Waals surface area (Å²) in [6, 6.07) is 3.92. The van der Waals surface area contributed by atoms with Crippen molar-refractivity contribution in [2.75, 3.05) is 0 Å². The highest BCUT2D eigenvalue weighted by Crippen LogP contribution is 2.17. The lowest BCUT2D eigenvalue weighted by molar-refractivity contribution is 0.0969. The first-order chi connectivity index (χ1) is 9.38. The van der Waals surface area contributed by atoms with Gasteiger partial charge in [0.25, 0.3) is 0 Å². The van der Waals surface area contributed by atoms with Gasteiger partial charge >= 0.3 is 5.69 Å². The zero-order chi connectivity index (χ0) is 14.9. The number of ketones is 1. The van der Waals surface area contributed by atoms with Crippen molar-refractivity contribution in [3.05, 3.63) is 62.3 Å². The van der Waals surface area contributed by atoms with Crippen LogP contribution in [-0.2, 0) is 6.54 Å². The van der Waals surface area contributed by atoms with E-state index in [1.165, 1.54) is 17.0 Å². The molecule has 0 saturated heterocycles. The normalized spacial score (nSPS) is 10.6. The van der Waals surface area contributed by atoms with Crippen LogP contribution in [0.4, 0.5) is 0 Å². The third kappa shape index (κ3) is 2.96. The molecule has 20 heavy (non-hydrogen) atoms. The molecule has 0 fully saturated rings. The van der Waals surface area contributed by atoms with Crippen molar-refractivity contribution in [1.82, 2.24) is 9.55 Å². The maximum atomic E-state index is 12.4. The molecular formula is C15H15ClN2O2. The number of hydrogen-bond donors (Lipinski definition) is 0. The predicted molar refractivity (Wildman–Crippen MR) is 78.5 cm³/mol. The molecule has 1 heterocycles. The zero-order valence-electron chi connectivity index (χ0n) is 11.6. The standard InChI is InChI=1S/C15H15ClN2O2/c1-9-4-10(2)14(11(3)5-9)13(19)8-18-7-12(16)6-17-15(18)20/h4-7H,8H2,1-3H3. The molecule has 0 spiro atoms. The fourth-order valence-electron chi connectivity index (χ4n) is 2.40. The summed E-state index contributed by atoms with van der Waals surface area (Å²) in [6.07, 6.45) is 2.70. The molecule has 0 saturated carbocycles. The number of aryl methyl sites for hydroxylation is 3. The summed E-state index contributed by atoms with van der Waals surface area (Å²) < 4.78 is 1.23. The number of hydrogen-bond acceptors (Lipinski definition) is 3. The largest absolute Gasteiger partial charge is 0.348 e. The number of halogens is 1. The number of carbonyl (C=O) groups excluding carboxylic acids is 1. The van der Waals surface area contributed by atoms with E-state index in [2.05, 4.69) is 4.98 Å². The molecule has 104 valence electrons. The van der Waals surface area contributed by atoms with Crippen molar-refractivity contribution in [1.29, 1.82) is 0 Å². The van der Waals surface area contributed by atoms with Gasteiger partial charge in [-0.3, -0.25) is 9.36 Å². The first-order valence-electron chi connectivity index (χ1n) is 6.21. The SMILES string of the molecule is Cc1cc(C)c(C(=O)Cn2cc(Cl)cnc2=O)c(C)c1. The Morgan fingerprint density at radius 2 is 1.85 bits per heavy atom. The molecule has 0 bridgehead atoms. The summed E-state index contributed by atoms with van der Waals surface area (Å²) >= 11 is 5.80. The molecule has 0 atom stereocenters. The highest BCUT2D eigenvalue weighted by atomic mass is 35.5. The molecule has 0 amide bonds. The Balaban J connectivity index is 2.38. The Kier molecular flexibility index (Phi) is 4.04. The quantitative estimate of drug-likeness (QED) is 0.817. The lowest BCUT2D eigenvalue weighted by Crippen LogP contribution is -2.26. The van der Waals surface area contributed by atoms with E-state index in [-0.39, 0.29) is 12.3 Å². The molecule has 0 aliphatic rings. The molecule has 2 rings (SSSR count). The minimum Gasteiger partial charge on any atom is -0.292 e. The number of aromatic nitrogens is 2. The van der Waals surface area contributed by atoms with Gasteiger partial charge in [-0.1, -0.05) is 29.3 Å². The van der Waals surface area contributed by atoms with Crippen LogP contribution in [0.5, 0.6) is 0 Å². The average Bonchev–Trinajstić information content (AvgIpc) is 2.32. The highest BCUT2D eigenvalue weighted by molar-refractivity contribution is 6.30. The van der Waals surface area contributed by atoms with Gasteiger partial charge in [-0.2, -0.15) is 0 Å². The molecule has 0 aliphatic heterocycles. The van der Waals surface area contributed by atoms with Crippen LogP contribution >= 0.6 is 11.6 Å². The van der Waals surface area contributed by atoms with Gasteiger partial charge in [0.2, 0.25) is 0 Å². The van der Waals surface area contributed by atoms with Gasteiger partial charge in [-0.05, 0) is 31.9 Å². The summed E-state index contributed by atoms with van der Waals surface area (Å²) in [6.45, 7) is 5.72. The second-order valence-corrected chi connectivity index (χ2v) is 5.32. The Morgan fingerprint density at radius 1 is 1.25 bits per heavy atom. The Labute approximate surface area is 122 Å². The Morgan fingerprint density at radius 3 is 2.45 bits per heavy atom. The monoisotopic (exact) mass is 290 g/mol. The van der Waals surface area contributed by atoms with Crippen LogP contribution in [0.1, 0.15) is 27.0 Å². The van der Waals surface area contributed by atoms with E-state index < -0.39 is 5.69 Å². The second-order valence-electron chi connectivity index (χ2n) is 4.88. The minimum absolute atomic E-state index is 0.0584. The summed E-state index contributed by atoms with van der Waals surface area (Å²) in [7, 11) is 0. The second kappa shape index (κ2) is 5.59. The summed E-state index contributed by atoms with van der Waals surface area (Å²) in [5.41, 5.74) is 3.11. The molecule has 0 aliphatic carbocycles. The molecule has 1 aromatic carbocycles. The number of carbonyl (C=O) groups is 1. The summed E-state index contributed by atoms with van der Waals surface area (Å²) in [4.78, 5) is 27.6. The van der Waals surface area contributed by atoms with Gasteiger partial charge in [0.15, 0.2) is 5.78 Å². The molecular weight excluding hydrogens is 276 g/mol. The summed E-state index contributed by atoms with van der Waals surface area (Å²) in [5, 5.41) is 0.328. The van der Waals surface area contributed by atoms with E-state index in [0.29, 0.717) is 10.6 Å². The van der Waals surface area contributed by atoms with Crippen LogP contribution in [0.15, 0.2) is 29.3 Å². The van der Waals surface area contributed by atoms with Crippen molar-refractivity contribution in [2.24, 2.45) is 0 Å². The van der Waals surface area contributed by atoms with Gasteiger partial charge < -0.3 is 0 Å². The van der Waals surface area contributed by atoms with Crippen molar-refractivity contribution in [2.45, 2.75) is 27.3 Å². The summed E-state index contributed by atoms with van der Waals surface area (Å²) in [5.74, 6) is -0.119. The zero-order valence-corrected chi connectivity index (χ0v) is 12.4. The molecule has 2 aromatic rings. The maximum Gasteiger partial charge on any atom is 0.348 e. The Hall–Kier alpha value is -1.94. The third-order valence-electron chi connectivity index (χ3n) is 3.09. The molecule has 4 nitrogen and oxygen atoms in total. The van der Waals surface area contributed by atoms with Crippen LogP contribution in [0.2, 0.25) is 5.02 Å². The van der Waals surface area contributed by atoms with Crippen molar-refractivity contribution >= 4 is 17.4 Å². The van der Waals surface area contributed by atoms with E-state index in [9.17, 15) is 9.59 Å². The van der Waals surface area contributed by atoms with E-state index in [0.717, 1.165) is 16.7 Å². The van der Waals surface area contributed by atoms with Gasteiger partial charge in [0.1, 0.15) is 0 Å². The van der Waals surface area contributed by atoms with Crippen molar-refractivity contribution < 1.29 is 4.79 Å². The van der Waals surface area contributed by atoms with Crippen molar-refractivity contribution in [3.63, 3.8) is 0 Å². The number of nitrogens with zero attached hydrogens (tertiary/aromatic N) is 2. The fourth-order valence-corrected chi connectivity index (χ4v) is 2.56. The van der Waals surface area contributed by atoms with Gasteiger partial charge in [0, 0.05) is 11.8 Å². The van der Waals surface area contributed by atoms with Crippen LogP contribution < -0.4 is 5.69 Å². The molecule has 0 radical (unpaired) electrons. The van der Waals surface area contributed by atoms with Gasteiger partial charge in [-0.25, -0.2) is 9.78 Å². The number of Topliss-reactive ketones (excluding diaryl/α,β-unsaturated/α-hetero) is 1. The van der Waals surface area contributed by atoms with E-state index in [1.54, 1.807) is 0 Å². The van der Waals surface area contributed by atoms with Gasteiger partial charge in [-0.15, -0.1) is 0 Å². The van der Waals surface area contributed by atoms with Crippen LogP contribution in [-0.4, -0.2) is 15.3 Å². The number of rotatable bonds is 3. The average molecular weight is 291 g/mol. The van der Waals surface area contributed by atoms with E-state index in [4.69, 9.17) is 11.6 Å². The van der Waals surface area contributed by atoms with E-state index >= 15 is 0 Å². The van der Waals surface area contributed by atoms with E-state index in [1.807, 2.05) is 32.9 Å². The minimum atomic E-state index is -0.481. The topological polar surface area (TPSA) is 52.0 Å². The maximum absolute atomic E-state index is 12.4. The van der Waals surface area contributed by atoms with Gasteiger partial charge in [0.05, 0.1) is 17.8 Å². The molecule has 5 heteroatoms. The molecule has 0 N–H and O–H groups in total. The lowest BCUT2D eigenvalue weighted by Gasteiger charge is -2.11. The number of benzene rings is 1. The lowest BCUT2D eigenvalue weighted by atomic mass is 9.96. The highest BCUT2D eigenvalue weighted by Gasteiger charge is 2.14. The first-order valence-corrected chi connectivity index (χ1v) is 6.59. The molecule has 0 unspecified atom stereocenters. The van der Waals surface area contributed by atoms with Crippen LogP contribution in [0.25, 0.3) is 0 Å². The predicted octanol–water partition coefficient (Wildman–Crippen LogP) is 2.70. The van der Waals surface area contributed by atoms with Crippen LogP contribution in [0, 0.1) is 20.8 Å². The third-order valence-corrected chi connectivity index (χ3v) is 3.29. The Bertz CT molecular complexity index is 712.